The van der Waals surface area contributed by atoms with Crippen molar-refractivity contribution in [3.8, 4) is 0 Å². The van der Waals surface area contributed by atoms with E-state index in [4.69, 9.17) is 4.42 Å². The first-order chi connectivity index (χ1) is 12.6. The van der Waals surface area contributed by atoms with Crippen LogP contribution < -0.4 is 10.6 Å². The van der Waals surface area contributed by atoms with Crippen molar-refractivity contribution in [2.45, 2.75) is 50.3 Å². The number of hydrogen-bond donors (Lipinski definition) is 3. The molecule has 0 aliphatic heterocycles. The summed E-state index contributed by atoms with van der Waals surface area (Å²) in [4.78, 5) is 25.1. The maximum Gasteiger partial charge on any atom is 0.287 e. The number of benzene rings is 1. The lowest BCUT2D eigenvalue weighted by atomic mass is 9.92. The van der Waals surface area contributed by atoms with Gasteiger partial charge in [-0.3, -0.25) is 9.59 Å². The van der Waals surface area contributed by atoms with Gasteiger partial charge in [-0.1, -0.05) is 30.3 Å². The van der Waals surface area contributed by atoms with Gasteiger partial charge in [0, 0.05) is 12.5 Å². The van der Waals surface area contributed by atoms with Crippen LogP contribution in [-0.2, 0) is 11.2 Å². The molecule has 6 nitrogen and oxygen atoms in total. The van der Waals surface area contributed by atoms with E-state index in [9.17, 15) is 14.7 Å². The van der Waals surface area contributed by atoms with Gasteiger partial charge in [0.1, 0.15) is 6.04 Å². The topological polar surface area (TPSA) is 91.6 Å². The van der Waals surface area contributed by atoms with Gasteiger partial charge in [0.2, 0.25) is 5.91 Å². The van der Waals surface area contributed by atoms with Crippen LogP contribution in [0.1, 0.15) is 41.8 Å². The van der Waals surface area contributed by atoms with Gasteiger partial charge in [-0.15, -0.1) is 0 Å². The normalized spacial score (nSPS) is 21.0. The number of amides is 2. The molecule has 1 saturated carbocycles. The van der Waals surface area contributed by atoms with E-state index < -0.39 is 11.9 Å². The first-order valence-corrected chi connectivity index (χ1v) is 8.98. The summed E-state index contributed by atoms with van der Waals surface area (Å²) in [6.45, 7) is 0. The third-order valence-electron chi connectivity index (χ3n) is 4.69. The fourth-order valence-corrected chi connectivity index (χ4v) is 3.22. The molecule has 26 heavy (non-hydrogen) atoms. The second-order valence-corrected chi connectivity index (χ2v) is 6.71. The van der Waals surface area contributed by atoms with Crippen LogP contribution >= 0.6 is 0 Å². The highest BCUT2D eigenvalue weighted by molar-refractivity contribution is 5.95. The Balaban J connectivity index is 1.67. The molecular formula is C20H24N2O4. The summed E-state index contributed by atoms with van der Waals surface area (Å²) in [5, 5.41) is 15.4. The Morgan fingerprint density at radius 3 is 2.46 bits per heavy atom. The smallest absolute Gasteiger partial charge is 0.287 e. The molecular weight excluding hydrogens is 332 g/mol. The Hall–Kier alpha value is -2.60. The quantitative estimate of drug-likeness (QED) is 0.739. The lowest BCUT2D eigenvalue weighted by Gasteiger charge is -2.28. The summed E-state index contributed by atoms with van der Waals surface area (Å²) >= 11 is 0. The van der Waals surface area contributed by atoms with E-state index in [0.717, 1.165) is 18.4 Å². The Bertz CT molecular complexity index is 707. The predicted molar refractivity (Wildman–Crippen MR) is 96.5 cm³/mol. The molecule has 1 heterocycles. The van der Waals surface area contributed by atoms with Crippen molar-refractivity contribution in [1.29, 1.82) is 0 Å². The van der Waals surface area contributed by atoms with Gasteiger partial charge in [0.15, 0.2) is 5.76 Å². The number of aliphatic hydroxyl groups excluding tert-OH is 1. The minimum Gasteiger partial charge on any atom is -0.459 e. The number of hydrogen-bond acceptors (Lipinski definition) is 4. The van der Waals surface area contributed by atoms with Crippen LogP contribution in [0, 0.1) is 0 Å². The van der Waals surface area contributed by atoms with E-state index in [0.29, 0.717) is 19.3 Å². The zero-order valence-electron chi connectivity index (χ0n) is 14.6. The van der Waals surface area contributed by atoms with E-state index in [-0.39, 0.29) is 23.8 Å². The van der Waals surface area contributed by atoms with E-state index in [2.05, 4.69) is 10.6 Å². The van der Waals surface area contributed by atoms with Crippen molar-refractivity contribution in [3.05, 3.63) is 60.1 Å². The fraction of sp³-hybridized carbons (Fsp3) is 0.400. The van der Waals surface area contributed by atoms with Crippen molar-refractivity contribution < 1.29 is 19.1 Å². The molecule has 1 aliphatic carbocycles. The number of aliphatic hydroxyl groups is 1. The fourth-order valence-electron chi connectivity index (χ4n) is 3.22. The van der Waals surface area contributed by atoms with E-state index >= 15 is 0 Å². The maximum atomic E-state index is 12.8. The van der Waals surface area contributed by atoms with Gasteiger partial charge in [0.25, 0.3) is 5.91 Å². The summed E-state index contributed by atoms with van der Waals surface area (Å²) in [5.41, 5.74) is 0.964. The Morgan fingerprint density at radius 1 is 1.08 bits per heavy atom. The van der Waals surface area contributed by atoms with Gasteiger partial charge in [-0.25, -0.2) is 0 Å². The molecule has 1 atom stereocenters. The van der Waals surface area contributed by atoms with Gasteiger partial charge < -0.3 is 20.2 Å². The Labute approximate surface area is 152 Å². The lowest BCUT2D eigenvalue weighted by Crippen LogP contribution is -2.51. The highest BCUT2D eigenvalue weighted by Crippen LogP contribution is 2.18. The van der Waals surface area contributed by atoms with Crippen LogP contribution in [0.4, 0.5) is 0 Å². The lowest BCUT2D eigenvalue weighted by molar-refractivity contribution is -0.124. The van der Waals surface area contributed by atoms with Gasteiger partial charge in [-0.05, 0) is 43.4 Å². The third-order valence-corrected chi connectivity index (χ3v) is 4.69. The van der Waals surface area contributed by atoms with Crippen LogP contribution in [0.2, 0.25) is 0 Å². The summed E-state index contributed by atoms with van der Waals surface area (Å²) in [7, 11) is 0. The first kappa shape index (κ1) is 18.2. The average Bonchev–Trinajstić information content (AvgIpc) is 3.19. The van der Waals surface area contributed by atoms with Gasteiger partial charge in [-0.2, -0.15) is 0 Å². The predicted octanol–water partition coefficient (Wildman–Crippen LogP) is 2.04. The van der Waals surface area contributed by atoms with Crippen LogP contribution in [0.3, 0.4) is 0 Å². The molecule has 0 saturated heterocycles. The second-order valence-electron chi connectivity index (χ2n) is 6.71. The molecule has 138 valence electrons. The van der Waals surface area contributed by atoms with E-state index in [1.165, 1.54) is 6.26 Å². The second kappa shape index (κ2) is 8.67. The van der Waals surface area contributed by atoms with E-state index in [1.807, 2.05) is 30.3 Å². The molecule has 1 aromatic carbocycles. The molecule has 1 aromatic heterocycles. The van der Waals surface area contributed by atoms with Crippen LogP contribution in [0.5, 0.6) is 0 Å². The minimum atomic E-state index is -0.693. The highest BCUT2D eigenvalue weighted by Gasteiger charge is 2.27. The summed E-state index contributed by atoms with van der Waals surface area (Å²) in [6, 6.07) is 12.1. The van der Waals surface area contributed by atoms with Crippen LogP contribution in [-0.4, -0.2) is 35.1 Å². The van der Waals surface area contributed by atoms with Crippen LogP contribution in [0.25, 0.3) is 0 Å². The number of carbonyl (C=O) groups is 2. The summed E-state index contributed by atoms with van der Waals surface area (Å²) in [5.74, 6) is -0.447. The van der Waals surface area contributed by atoms with Crippen molar-refractivity contribution >= 4 is 11.8 Å². The molecule has 1 fully saturated rings. The standard InChI is InChI=1S/C20H24N2O4/c23-16-10-8-15(9-11-16)21-19(24)17(13-14-5-2-1-3-6-14)22-20(25)18-7-4-12-26-18/h1-7,12,15-17,23H,8-11,13H2,(H,21,24)(H,22,25). The summed E-state index contributed by atoms with van der Waals surface area (Å²) in [6.07, 6.45) is 4.42. The number of furan rings is 1. The highest BCUT2D eigenvalue weighted by atomic mass is 16.3. The largest absolute Gasteiger partial charge is 0.459 e. The van der Waals surface area contributed by atoms with Crippen molar-refractivity contribution in [2.24, 2.45) is 0 Å². The molecule has 6 heteroatoms. The minimum absolute atomic E-state index is 0.0321. The third kappa shape index (κ3) is 4.95. The Kier molecular flexibility index (Phi) is 6.07. The molecule has 0 radical (unpaired) electrons. The molecule has 1 aliphatic rings. The maximum absolute atomic E-state index is 12.8. The number of nitrogens with one attached hydrogen (secondary N) is 2. The molecule has 3 N–H and O–H groups in total. The first-order valence-electron chi connectivity index (χ1n) is 8.98. The molecule has 2 aromatic rings. The zero-order chi connectivity index (χ0) is 18.4. The zero-order valence-corrected chi connectivity index (χ0v) is 14.6. The number of rotatable bonds is 6. The van der Waals surface area contributed by atoms with Crippen molar-refractivity contribution in [2.75, 3.05) is 0 Å². The molecule has 0 spiro atoms. The van der Waals surface area contributed by atoms with Gasteiger partial charge in [0.05, 0.1) is 12.4 Å². The molecule has 0 bridgehead atoms. The number of carbonyl (C=O) groups excluding carboxylic acids is 2. The van der Waals surface area contributed by atoms with E-state index in [1.54, 1.807) is 12.1 Å². The summed E-state index contributed by atoms with van der Waals surface area (Å²) < 4.78 is 5.12. The molecule has 1 unspecified atom stereocenters. The molecule has 2 amide bonds. The SMILES string of the molecule is O=C(NC(Cc1ccccc1)C(=O)NC1CCC(O)CC1)c1ccco1. The van der Waals surface area contributed by atoms with Crippen molar-refractivity contribution in [3.63, 3.8) is 0 Å². The van der Waals surface area contributed by atoms with Crippen LogP contribution in [0.15, 0.2) is 53.1 Å². The Morgan fingerprint density at radius 2 is 1.81 bits per heavy atom. The van der Waals surface area contributed by atoms with Gasteiger partial charge >= 0.3 is 0 Å². The molecule has 3 rings (SSSR count). The monoisotopic (exact) mass is 356 g/mol. The van der Waals surface area contributed by atoms with Crippen molar-refractivity contribution in [1.82, 2.24) is 10.6 Å². The average molecular weight is 356 g/mol.